The molecule has 1 N–H and O–H groups in total. The SMILES string of the molecule is CCN1C(=O)/C(=C\c2ccncc2)NC1=S. The lowest BCUT2D eigenvalue weighted by atomic mass is 10.2. The summed E-state index contributed by atoms with van der Waals surface area (Å²) in [6.45, 7) is 2.47. The van der Waals surface area contributed by atoms with E-state index < -0.39 is 0 Å². The lowest BCUT2D eigenvalue weighted by Gasteiger charge is -2.08. The maximum absolute atomic E-state index is 11.8. The van der Waals surface area contributed by atoms with Crippen LogP contribution in [0.15, 0.2) is 30.2 Å². The summed E-state index contributed by atoms with van der Waals surface area (Å²) in [5.41, 5.74) is 1.43. The molecule has 1 aliphatic rings. The molecule has 0 radical (unpaired) electrons. The zero-order valence-electron chi connectivity index (χ0n) is 8.80. The van der Waals surface area contributed by atoms with Crippen molar-refractivity contribution in [1.82, 2.24) is 15.2 Å². The van der Waals surface area contributed by atoms with Gasteiger partial charge in [0.15, 0.2) is 5.11 Å². The van der Waals surface area contributed by atoms with Gasteiger partial charge in [0.2, 0.25) is 0 Å². The zero-order chi connectivity index (χ0) is 11.5. The van der Waals surface area contributed by atoms with Crippen molar-refractivity contribution in [2.75, 3.05) is 6.54 Å². The second-order valence-electron chi connectivity index (χ2n) is 3.32. The molecule has 0 unspecified atom stereocenters. The van der Waals surface area contributed by atoms with Crippen molar-refractivity contribution in [2.24, 2.45) is 0 Å². The summed E-state index contributed by atoms with van der Waals surface area (Å²) in [6.07, 6.45) is 5.13. The fraction of sp³-hybridized carbons (Fsp3) is 0.182. The van der Waals surface area contributed by atoms with E-state index in [4.69, 9.17) is 12.2 Å². The van der Waals surface area contributed by atoms with Crippen LogP contribution in [-0.4, -0.2) is 27.4 Å². The van der Waals surface area contributed by atoms with E-state index >= 15 is 0 Å². The fourth-order valence-corrected chi connectivity index (χ4v) is 1.81. The van der Waals surface area contributed by atoms with E-state index in [1.54, 1.807) is 18.5 Å². The number of carbonyl (C=O) groups is 1. The summed E-state index contributed by atoms with van der Waals surface area (Å²) in [7, 11) is 0. The second-order valence-corrected chi connectivity index (χ2v) is 3.70. The first-order valence-corrected chi connectivity index (χ1v) is 5.37. The van der Waals surface area contributed by atoms with Crippen LogP contribution in [0.25, 0.3) is 6.08 Å². The van der Waals surface area contributed by atoms with Crippen LogP contribution in [-0.2, 0) is 4.79 Å². The number of thiocarbonyl (C=S) groups is 1. The molecule has 1 aromatic rings. The molecule has 0 bridgehead atoms. The van der Waals surface area contributed by atoms with E-state index in [2.05, 4.69) is 10.3 Å². The predicted molar refractivity (Wildman–Crippen MR) is 65.3 cm³/mol. The summed E-state index contributed by atoms with van der Waals surface area (Å²) in [5, 5.41) is 3.37. The first-order chi connectivity index (χ1) is 7.72. The fourth-order valence-electron chi connectivity index (χ4n) is 1.49. The number of aromatic nitrogens is 1. The molecule has 1 saturated heterocycles. The Morgan fingerprint density at radius 2 is 2.19 bits per heavy atom. The van der Waals surface area contributed by atoms with Crippen molar-refractivity contribution in [1.29, 1.82) is 0 Å². The lowest BCUT2D eigenvalue weighted by Crippen LogP contribution is -2.30. The largest absolute Gasteiger partial charge is 0.328 e. The van der Waals surface area contributed by atoms with Crippen molar-refractivity contribution in [3.8, 4) is 0 Å². The van der Waals surface area contributed by atoms with Gasteiger partial charge in [-0.2, -0.15) is 0 Å². The molecule has 2 heterocycles. The molecule has 1 amide bonds. The molecule has 0 atom stereocenters. The summed E-state index contributed by atoms with van der Waals surface area (Å²) in [5.74, 6) is -0.0793. The van der Waals surface area contributed by atoms with Gasteiger partial charge >= 0.3 is 0 Å². The van der Waals surface area contributed by atoms with Crippen molar-refractivity contribution in [3.63, 3.8) is 0 Å². The van der Waals surface area contributed by atoms with E-state index in [9.17, 15) is 4.79 Å². The number of amides is 1. The van der Waals surface area contributed by atoms with Crippen LogP contribution in [0.1, 0.15) is 12.5 Å². The Hall–Kier alpha value is -1.75. The minimum absolute atomic E-state index is 0.0793. The highest BCUT2D eigenvalue weighted by Gasteiger charge is 2.28. The Morgan fingerprint density at radius 3 is 2.75 bits per heavy atom. The number of hydrogen-bond acceptors (Lipinski definition) is 3. The molecule has 0 saturated carbocycles. The van der Waals surface area contributed by atoms with Gasteiger partial charge in [-0.15, -0.1) is 0 Å². The van der Waals surface area contributed by atoms with Gasteiger partial charge in [-0.1, -0.05) is 0 Å². The molecular formula is C11H11N3OS. The van der Waals surface area contributed by atoms with Gasteiger partial charge in [0.05, 0.1) is 0 Å². The monoisotopic (exact) mass is 233 g/mol. The van der Waals surface area contributed by atoms with Crippen molar-refractivity contribution < 1.29 is 4.79 Å². The molecule has 1 aliphatic heterocycles. The first-order valence-electron chi connectivity index (χ1n) is 4.97. The molecule has 5 heteroatoms. The van der Waals surface area contributed by atoms with E-state index in [1.807, 2.05) is 19.1 Å². The lowest BCUT2D eigenvalue weighted by molar-refractivity contribution is -0.122. The summed E-state index contributed by atoms with van der Waals surface area (Å²) in [4.78, 5) is 17.3. The van der Waals surface area contributed by atoms with E-state index in [-0.39, 0.29) is 5.91 Å². The number of likely N-dealkylation sites (N-methyl/N-ethyl adjacent to an activating group) is 1. The molecule has 1 aromatic heterocycles. The van der Waals surface area contributed by atoms with Gasteiger partial charge in [0, 0.05) is 18.9 Å². The van der Waals surface area contributed by atoms with Crippen LogP contribution in [0, 0.1) is 0 Å². The molecule has 0 aromatic carbocycles. The van der Waals surface area contributed by atoms with Gasteiger partial charge in [-0.05, 0) is 42.9 Å². The summed E-state index contributed by atoms with van der Waals surface area (Å²) in [6, 6.07) is 3.67. The van der Waals surface area contributed by atoms with Crippen LogP contribution in [0.4, 0.5) is 0 Å². The van der Waals surface area contributed by atoms with Gasteiger partial charge in [-0.3, -0.25) is 14.7 Å². The third-order valence-electron chi connectivity index (χ3n) is 2.30. The highest BCUT2D eigenvalue weighted by molar-refractivity contribution is 7.80. The van der Waals surface area contributed by atoms with E-state index in [1.165, 1.54) is 4.90 Å². The zero-order valence-corrected chi connectivity index (χ0v) is 9.62. The Balaban J connectivity index is 2.27. The number of rotatable bonds is 2. The topological polar surface area (TPSA) is 45.2 Å². The normalized spacial score (nSPS) is 18.1. The number of nitrogens with one attached hydrogen (secondary N) is 1. The van der Waals surface area contributed by atoms with E-state index in [0.29, 0.717) is 17.4 Å². The van der Waals surface area contributed by atoms with Crippen molar-refractivity contribution in [3.05, 3.63) is 35.8 Å². The van der Waals surface area contributed by atoms with E-state index in [0.717, 1.165) is 5.56 Å². The van der Waals surface area contributed by atoms with Crippen LogP contribution in [0.2, 0.25) is 0 Å². The van der Waals surface area contributed by atoms with Crippen LogP contribution in [0.5, 0.6) is 0 Å². The molecule has 1 fully saturated rings. The Kier molecular flexibility index (Phi) is 2.96. The number of carbonyl (C=O) groups excluding carboxylic acids is 1. The van der Waals surface area contributed by atoms with Gasteiger partial charge in [-0.25, -0.2) is 0 Å². The number of nitrogens with zero attached hydrogens (tertiary/aromatic N) is 2. The summed E-state index contributed by atoms with van der Waals surface area (Å²) < 4.78 is 0. The van der Waals surface area contributed by atoms with Gasteiger partial charge < -0.3 is 5.32 Å². The molecule has 82 valence electrons. The maximum Gasteiger partial charge on any atom is 0.276 e. The maximum atomic E-state index is 11.8. The van der Waals surface area contributed by atoms with Gasteiger partial charge in [0.1, 0.15) is 5.70 Å². The molecule has 2 rings (SSSR count). The minimum atomic E-state index is -0.0793. The average Bonchev–Trinajstić information content (AvgIpc) is 2.55. The predicted octanol–water partition coefficient (Wildman–Crippen LogP) is 1.16. The molecular weight excluding hydrogens is 222 g/mol. The molecule has 16 heavy (non-hydrogen) atoms. The third kappa shape index (κ3) is 1.94. The van der Waals surface area contributed by atoms with Crippen molar-refractivity contribution in [2.45, 2.75) is 6.92 Å². The van der Waals surface area contributed by atoms with Crippen LogP contribution >= 0.6 is 12.2 Å². The first kappa shape index (κ1) is 10.8. The Labute approximate surface area is 99.0 Å². The standard InChI is InChI=1S/C11H11N3OS/c1-2-14-10(15)9(13-11(14)16)7-8-3-5-12-6-4-8/h3-7H,2H2,1H3,(H,13,16)/b9-7+. The van der Waals surface area contributed by atoms with Crippen molar-refractivity contribution >= 4 is 29.3 Å². The summed E-state index contributed by atoms with van der Waals surface area (Å²) >= 11 is 5.05. The minimum Gasteiger partial charge on any atom is -0.328 e. The molecule has 4 nitrogen and oxygen atoms in total. The van der Waals surface area contributed by atoms with Crippen LogP contribution < -0.4 is 5.32 Å². The second kappa shape index (κ2) is 4.40. The third-order valence-corrected chi connectivity index (χ3v) is 2.62. The van der Waals surface area contributed by atoms with Gasteiger partial charge in [0.25, 0.3) is 5.91 Å². The Bertz CT molecular complexity index is 456. The highest BCUT2D eigenvalue weighted by Crippen LogP contribution is 2.13. The highest BCUT2D eigenvalue weighted by atomic mass is 32.1. The Morgan fingerprint density at radius 1 is 1.50 bits per heavy atom. The molecule has 0 spiro atoms. The number of pyridine rings is 1. The quantitative estimate of drug-likeness (QED) is 0.615. The van der Waals surface area contributed by atoms with Crippen LogP contribution in [0.3, 0.4) is 0 Å². The average molecular weight is 233 g/mol. The molecule has 0 aliphatic carbocycles. The smallest absolute Gasteiger partial charge is 0.276 e. The number of hydrogen-bond donors (Lipinski definition) is 1.